The standard InChI is InChI=1S/C9H5Cl2NO/c10-8-5-12-6-9(11)7(8)3-1-2-4-13/h4-6H,2H2. The largest absolute Gasteiger partial charge is 0.302 e. The fourth-order valence-electron chi connectivity index (χ4n) is 0.712. The molecule has 1 aromatic heterocycles. The average Bonchev–Trinajstić information content (AvgIpc) is 2.10. The van der Waals surface area contributed by atoms with Crippen LogP contribution in [0.5, 0.6) is 0 Å². The molecule has 0 aliphatic heterocycles. The number of aromatic nitrogens is 1. The minimum Gasteiger partial charge on any atom is -0.302 e. The van der Waals surface area contributed by atoms with E-state index < -0.39 is 0 Å². The lowest BCUT2D eigenvalue weighted by molar-refractivity contribution is -0.107. The maximum Gasteiger partial charge on any atom is 0.131 e. The average molecular weight is 214 g/mol. The molecule has 1 aromatic rings. The van der Waals surface area contributed by atoms with Crippen LogP contribution in [0.15, 0.2) is 12.4 Å². The number of pyridine rings is 1. The van der Waals surface area contributed by atoms with E-state index in [2.05, 4.69) is 16.8 Å². The number of aldehydes is 1. The van der Waals surface area contributed by atoms with Gasteiger partial charge in [0.05, 0.1) is 22.0 Å². The number of rotatable bonds is 1. The van der Waals surface area contributed by atoms with Crippen LogP contribution in [0.25, 0.3) is 0 Å². The molecule has 0 aromatic carbocycles. The number of halogens is 2. The normalized spacial score (nSPS) is 8.77. The summed E-state index contributed by atoms with van der Waals surface area (Å²) in [7, 11) is 0. The maximum absolute atomic E-state index is 9.98. The Morgan fingerprint density at radius 3 is 2.54 bits per heavy atom. The third-order valence-electron chi connectivity index (χ3n) is 1.25. The molecule has 0 fully saturated rings. The molecule has 2 nitrogen and oxygen atoms in total. The minimum atomic E-state index is 0.176. The van der Waals surface area contributed by atoms with Crippen LogP contribution in [0.1, 0.15) is 12.0 Å². The summed E-state index contributed by atoms with van der Waals surface area (Å²) in [6.45, 7) is 0. The number of nitrogens with zero attached hydrogens (tertiary/aromatic N) is 1. The molecule has 0 saturated heterocycles. The summed E-state index contributed by atoms with van der Waals surface area (Å²) >= 11 is 11.5. The molecule has 0 unspecified atom stereocenters. The first-order chi connectivity index (χ1) is 6.25. The second-order valence-corrected chi connectivity index (χ2v) is 2.97. The third-order valence-corrected chi connectivity index (χ3v) is 1.83. The Morgan fingerprint density at radius 2 is 2.00 bits per heavy atom. The van der Waals surface area contributed by atoms with Crippen molar-refractivity contribution in [1.29, 1.82) is 0 Å². The Bertz CT molecular complexity index is 359. The monoisotopic (exact) mass is 213 g/mol. The molecule has 0 radical (unpaired) electrons. The molecule has 1 heterocycles. The van der Waals surface area contributed by atoms with Gasteiger partial charge in [0, 0.05) is 12.4 Å². The number of hydrogen-bond donors (Lipinski definition) is 0. The Morgan fingerprint density at radius 1 is 1.38 bits per heavy atom. The molecule has 1 rings (SSSR count). The molecule has 0 saturated carbocycles. The predicted molar refractivity (Wildman–Crippen MR) is 51.8 cm³/mol. The van der Waals surface area contributed by atoms with Crippen LogP contribution < -0.4 is 0 Å². The minimum absolute atomic E-state index is 0.176. The first kappa shape index (κ1) is 10.0. The van der Waals surface area contributed by atoms with Crippen LogP contribution in [-0.2, 0) is 4.79 Å². The highest BCUT2D eigenvalue weighted by Gasteiger charge is 2.01. The SMILES string of the molecule is O=CCC#Cc1c(Cl)cncc1Cl. The number of carbonyl (C=O) groups is 1. The third kappa shape index (κ3) is 2.73. The van der Waals surface area contributed by atoms with Crippen molar-refractivity contribution in [2.24, 2.45) is 0 Å². The summed E-state index contributed by atoms with van der Waals surface area (Å²) in [6.07, 6.45) is 3.81. The Hall–Kier alpha value is -1.04. The molecule has 0 atom stereocenters. The molecule has 0 aliphatic carbocycles. The van der Waals surface area contributed by atoms with Crippen molar-refractivity contribution in [3.8, 4) is 11.8 Å². The maximum atomic E-state index is 9.98. The molecule has 0 spiro atoms. The topological polar surface area (TPSA) is 30.0 Å². The Balaban J connectivity index is 3.01. The van der Waals surface area contributed by atoms with Crippen molar-refractivity contribution in [2.75, 3.05) is 0 Å². The van der Waals surface area contributed by atoms with E-state index in [4.69, 9.17) is 23.2 Å². The lowest BCUT2D eigenvalue weighted by Crippen LogP contribution is -1.82. The number of hydrogen-bond acceptors (Lipinski definition) is 2. The summed E-state index contributed by atoms with van der Waals surface area (Å²) in [6, 6.07) is 0. The van der Waals surface area contributed by atoms with Gasteiger partial charge in [-0.15, -0.1) is 0 Å². The van der Waals surface area contributed by atoms with Gasteiger partial charge in [0.25, 0.3) is 0 Å². The molecule has 4 heteroatoms. The van der Waals surface area contributed by atoms with Gasteiger partial charge in [0.15, 0.2) is 0 Å². The van der Waals surface area contributed by atoms with Crippen LogP contribution in [0.3, 0.4) is 0 Å². The van der Waals surface area contributed by atoms with Crippen molar-refractivity contribution in [3.63, 3.8) is 0 Å². The molecule has 0 amide bonds. The van der Waals surface area contributed by atoms with Crippen LogP contribution in [0, 0.1) is 11.8 Å². The van der Waals surface area contributed by atoms with Gasteiger partial charge in [-0.3, -0.25) is 4.98 Å². The lowest BCUT2D eigenvalue weighted by Gasteiger charge is -1.96. The van der Waals surface area contributed by atoms with Gasteiger partial charge in [-0.2, -0.15) is 0 Å². The lowest BCUT2D eigenvalue weighted by atomic mass is 10.2. The molecule has 0 aliphatic rings. The molecule has 0 N–H and O–H groups in total. The highest BCUT2D eigenvalue weighted by atomic mass is 35.5. The second kappa shape index (κ2) is 4.86. The van der Waals surface area contributed by atoms with Gasteiger partial charge in [-0.1, -0.05) is 35.0 Å². The van der Waals surface area contributed by atoms with Crippen LogP contribution in [-0.4, -0.2) is 11.3 Å². The fraction of sp³-hybridized carbons (Fsp3) is 0.111. The van der Waals surface area contributed by atoms with Crippen LogP contribution in [0.2, 0.25) is 10.0 Å². The van der Waals surface area contributed by atoms with Gasteiger partial charge in [0.2, 0.25) is 0 Å². The van der Waals surface area contributed by atoms with Gasteiger partial charge in [0.1, 0.15) is 6.29 Å². The Labute approximate surface area is 85.9 Å². The van der Waals surface area contributed by atoms with Gasteiger partial charge < -0.3 is 4.79 Å². The zero-order valence-corrected chi connectivity index (χ0v) is 8.06. The molecule has 0 bridgehead atoms. The molecular weight excluding hydrogens is 209 g/mol. The van der Waals surface area contributed by atoms with E-state index in [9.17, 15) is 4.79 Å². The summed E-state index contributed by atoms with van der Waals surface area (Å²) in [4.78, 5) is 13.8. The summed E-state index contributed by atoms with van der Waals surface area (Å²) in [5.41, 5.74) is 0.514. The molecular formula is C9H5Cl2NO. The molecule has 66 valence electrons. The van der Waals surface area contributed by atoms with Crippen molar-refractivity contribution in [3.05, 3.63) is 28.0 Å². The number of carbonyl (C=O) groups excluding carboxylic acids is 1. The summed E-state index contributed by atoms with van der Waals surface area (Å²) < 4.78 is 0. The van der Waals surface area contributed by atoms with Crippen molar-refractivity contribution in [2.45, 2.75) is 6.42 Å². The van der Waals surface area contributed by atoms with E-state index in [-0.39, 0.29) is 6.42 Å². The summed E-state index contributed by atoms with van der Waals surface area (Å²) in [5.74, 6) is 5.32. The first-order valence-electron chi connectivity index (χ1n) is 3.47. The predicted octanol–water partition coefficient (Wildman–Crippen LogP) is 2.33. The van der Waals surface area contributed by atoms with E-state index in [1.54, 1.807) is 0 Å². The fourth-order valence-corrected chi connectivity index (χ4v) is 1.17. The highest BCUT2D eigenvalue weighted by Crippen LogP contribution is 2.21. The van der Waals surface area contributed by atoms with E-state index in [1.165, 1.54) is 12.4 Å². The highest BCUT2D eigenvalue weighted by molar-refractivity contribution is 6.36. The van der Waals surface area contributed by atoms with Crippen molar-refractivity contribution >= 4 is 29.5 Å². The van der Waals surface area contributed by atoms with Gasteiger partial charge in [-0.25, -0.2) is 0 Å². The quantitative estimate of drug-likeness (QED) is 0.530. The van der Waals surface area contributed by atoms with Crippen molar-refractivity contribution in [1.82, 2.24) is 4.98 Å². The molecule has 13 heavy (non-hydrogen) atoms. The van der Waals surface area contributed by atoms with Crippen molar-refractivity contribution < 1.29 is 4.79 Å². The van der Waals surface area contributed by atoms with E-state index in [0.717, 1.165) is 6.29 Å². The van der Waals surface area contributed by atoms with E-state index in [1.807, 2.05) is 0 Å². The van der Waals surface area contributed by atoms with E-state index >= 15 is 0 Å². The van der Waals surface area contributed by atoms with Crippen LogP contribution in [0.4, 0.5) is 0 Å². The summed E-state index contributed by atoms with van der Waals surface area (Å²) in [5, 5.41) is 0.789. The van der Waals surface area contributed by atoms with Gasteiger partial charge in [-0.05, 0) is 0 Å². The van der Waals surface area contributed by atoms with Gasteiger partial charge >= 0.3 is 0 Å². The zero-order chi connectivity index (χ0) is 9.68. The van der Waals surface area contributed by atoms with Crippen LogP contribution >= 0.6 is 23.2 Å². The van der Waals surface area contributed by atoms with E-state index in [0.29, 0.717) is 15.6 Å². The second-order valence-electron chi connectivity index (χ2n) is 2.15. The zero-order valence-electron chi connectivity index (χ0n) is 6.55. The Kier molecular flexibility index (Phi) is 3.75. The smallest absolute Gasteiger partial charge is 0.131 e. The first-order valence-corrected chi connectivity index (χ1v) is 4.23.